The Morgan fingerprint density at radius 3 is 2.84 bits per heavy atom. The maximum atomic E-state index is 11.8. The topological polar surface area (TPSA) is 57.3 Å². The number of amides is 1. The highest BCUT2D eigenvalue weighted by Gasteiger charge is 2.12. The third-order valence-electron chi connectivity index (χ3n) is 2.62. The van der Waals surface area contributed by atoms with Crippen LogP contribution in [0.5, 0.6) is 0 Å². The molecule has 106 valence electrons. The van der Waals surface area contributed by atoms with E-state index in [2.05, 4.69) is 22.5 Å². The molecule has 5 heteroatoms. The van der Waals surface area contributed by atoms with E-state index in [0.29, 0.717) is 6.54 Å². The molecule has 1 aromatic rings. The molecule has 0 unspecified atom stereocenters. The van der Waals surface area contributed by atoms with E-state index in [-0.39, 0.29) is 11.9 Å². The smallest absolute Gasteiger partial charge is 0.239 e. The predicted molar refractivity (Wildman–Crippen MR) is 78.2 cm³/mol. The Balaban J connectivity index is 2.70. The number of rotatable bonds is 7. The Morgan fingerprint density at radius 1 is 1.47 bits per heavy atom. The molecule has 1 amide bonds. The van der Waals surface area contributed by atoms with Crippen LogP contribution in [0, 0.1) is 0 Å². The monoisotopic (exact) mass is 264 g/mol. The van der Waals surface area contributed by atoms with Crippen molar-refractivity contribution >= 4 is 11.7 Å². The van der Waals surface area contributed by atoms with Gasteiger partial charge in [0, 0.05) is 31.4 Å². The van der Waals surface area contributed by atoms with E-state index < -0.39 is 0 Å². The Bertz CT molecular complexity index is 406. The summed E-state index contributed by atoms with van der Waals surface area (Å²) >= 11 is 0. The van der Waals surface area contributed by atoms with Gasteiger partial charge in [0.1, 0.15) is 5.82 Å². The average molecular weight is 264 g/mol. The number of carbonyl (C=O) groups is 1. The summed E-state index contributed by atoms with van der Waals surface area (Å²) in [4.78, 5) is 18.0. The summed E-state index contributed by atoms with van der Waals surface area (Å²) < 4.78 is 0. The predicted octanol–water partition coefficient (Wildman–Crippen LogP) is 1.15. The summed E-state index contributed by atoms with van der Waals surface area (Å²) in [7, 11) is 1.89. The minimum atomic E-state index is 0.0116. The van der Waals surface area contributed by atoms with Crippen LogP contribution in [-0.4, -0.2) is 37.1 Å². The van der Waals surface area contributed by atoms with Gasteiger partial charge < -0.3 is 15.5 Å². The number of nitrogens with zero attached hydrogens (tertiary/aromatic N) is 2. The number of pyridine rings is 1. The van der Waals surface area contributed by atoms with E-state index in [1.165, 1.54) is 0 Å². The fourth-order valence-electron chi connectivity index (χ4n) is 1.83. The van der Waals surface area contributed by atoms with Gasteiger partial charge in [0.15, 0.2) is 0 Å². The van der Waals surface area contributed by atoms with Crippen LogP contribution in [0.2, 0.25) is 0 Å². The van der Waals surface area contributed by atoms with Crippen LogP contribution < -0.4 is 15.5 Å². The van der Waals surface area contributed by atoms with Crippen LogP contribution in [0.1, 0.15) is 26.3 Å². The molecule has 0 aromatic carbocycles. The lowest BCUT2D eigenvalue weighted by Crippen LogP contribution is -2.39. The zero-order valence-electron chi connectivity index (χ0n) is 12.2. The molecule has 1 rings (SSSR count). The van der Waals surface area contributed by atoms with Crippen LogP contribution in [0.15, 0.2) is 18.3 Å². The second kappa shape index (κ2) is 7.74. The molecular weight excluding hydrogens is 240 g/mol. The second-order valence-corrected chi connectivity index (χ2v) is 4.84. The quantitative estimate of drug-likeness (QED) is 0.776. The third-order valence-corrected chi connectivity index (χ3v) is 2.62. The summed E-state index contributed by atoms with van der Waals surface area (Å²) in [6.45, 7) is 7.95. The third kappa shape index (κ3) is 5.26. The second-order valence-electron chi connectivity index (χ2n) is 4.84. The van der Waals surface area contributed by atoms with Gasteiger partial charge in [-0.05, 0) is 26.5 Å². The molecule has 0 bridgehead atoms. The molecular formula is C14H24N4O. The summed E-state index contributed by atoms with van der Waals surface area (Å²) in [5, 5.41) is 6.16. The number of hydrogen-bond donors (Lipinski definition) is 2. The van der Waals surface area contributed by atoms with Crippen molar-refractivity contribution in [2.24, 2.45) is 0 Å². The van der Waals surface area contributed by atoms with Gasteiger partial charge >= 0.3 is 0 Å². The maximum Gasteiger partial charge on any atom is 0.239 e. The maximum absolute atomic E-state index is 11.8. The Hall–Kier alpha value is -1.62. The zero-order chi connectivity index (χ0) is 14.3. The molecule has 0 aliphatic carbocycles. The van der Waals surface area contributed by atoms with Crippen molar-refractivity contribution in [3.63, 3.8) is 0 Å². The fraction of sp³-hybridized carbons (Fsp3) is 0.571. The van der Waals surface area contributed by atoms with E-state index in [1.807, 2.05) is 37.9 Å². The Labute approximate surface area is 115 Å². The Kier molecular flexibility index (Phi) is 6.29. The van der Waals surface area contributed by atoms with E-state index in [4.69, 9.17) is 0 Å². The lowest BCUT2D eigenvalue weighted by molar-refractivity contribution is -0.120. The van der Waals surface area contributed by atoms with Crippen molar-refractivity contribution in [2.75, 3.05) is 25.0 Å². The first-order chi connectivity index (χ1) is 9.04. The minimum absolute atomic E-state index is 0.0116. The lowest BCUT2D eigenvalue weighted by atomic mass is 10.2. The Morgan fingerprint density at radius 2 is 2.21 bits per heavy atom. The zero-order valence-corrected chi connectivity index (χ0v) is 12.2. The average Bonchev–Trinajstić information content (AvgIpc) is 2.35. The van der Waals surface area contributed by atoms with Crippen molar-refractivity contribution in [1.29, 1.82) is 0 Å². The standard InChI is InChI=1S/C14H24N4O/c1-5-15-9-12-7-6-8-16-14(12)18(4)10-13(19)17-11(2)3/h6-8,11,15H,5,9-10H2,1-4H3,(H,17,19). The van der Waals surface area contributed by atoms with Crippen LogP contribution in [0.4, 0.5) is 5.82 Å². The van der Waals surface area contributed by atoms with Gasteiger partial charge in [-0.1, -0.05) is 13.0 Å². The molecule has 0 spiro atoms. The first kappa shape index (κ1) is 15.4. The molecule has 0 atom stereocenters. The van der Waals surface area contributed by atoms with E-state index >= 15 is 0 Å². The minimum Gasteiger partial charge on any atom is -0.352 e. The molecule has 0 saturated carbocycles. The van der Waals surface area contributed by atoms with E-state index in [0.717, 1.165) is 24.5 Å². The molecule has 1 heterocycles. The normalized spacial score (nSPS) is 10.6. The first-order valence-electron chi connectivity index (χ1n) is 6.69. The molecule has 5 nitrogen and oxygen atoms in total. The number of nitrogens with one attached hydrogen (secondary N) is 2. The van der Waals surface area contributed by atoms with Crippen molar-refractivity contribution in [3.05, 3.63) is 23.9 Å². The van der Waals surface area contributed by atoms with Gasteiger partial charge in [-0.15, -0.1) is 0 Å². The van der Waals surface area contributed by atoms with Gasteiger partial charge in [-0.3, -0.25) is 4.79 Å². The van der Waals surface area contributed by atoms with Crippen LogP contribution in [-0.2, 0) is 11.3 Å². The van der Waals surface area contributed by atoms with Crippen LogP contribution in [0.3, 0.4) is 0 Å². The van der Waals surface area contributed by atoms with Gasteiger partial charge in [-0.25, -0.2) is 4.98 Å². The molecule has 0 saturated heterocycles. The highest BCUT2D eigenvalue weighted by Crippen LogP contribution is 2.15. The summed E-state index contributed by atoms with van der Waals surface area (Å²) in [5.41, 5.74) is 1.10. The largest absolute Gasteiger partial charge is 0.352 e. The lowest BCUT2D eigenvalue weighted by Gasteiger charge is -2.21. The van der Waals surface area contributed by atoms with E-state index in [9.17, 15) is 4.79 Å². The summed E-state index contributed by atoms with van der Waals surface area (Å²) in [5.74, 6) is 0.861. The van der Waals surface area contributed by atoms with E-state index in [1.54, 1.807) is 6.20 Å². The van der Waals surface area contributed by atoms with Gasteiger partial charge in [0.2, 0.25) is 5.91 Å². The van der Waals surface area contributed by atoms with Gasteiger partial charge in [-0.2, -0.15) is 0 Å². The van der Waals surface area contributed by atoms with Gasteiger partial charge in [0.05, 0.1) is 6.54 Å². The number of carbonyl (C=O) groups excluding carboxylic acids is 1. The van der Waals surface area contributed by atoms with Gasteiger partial charge in [0.25, 0.3) is 0 Å². The summed E-state index contributed by atoms with van der Waals surface area (Å²) in [6, 6.07) is 4.10. The van der Waals surface area contributed by atoms with Crippen LogP contribution in [0.25, 0.3) is 0 Å². The molecule has 0 fully saturated rings. The number of likely N-dealkylation sites (N-methyl/N-ethyl adjacent to an activating group) is 1. The molecule has 2 N–H and O–H groups in total. The highest BCUT2D eigenvalue weighted by molar-refractivity contribution is 5.81. The number of aromatic nitrogens is 1. The van der Waals surface area contributed by atoms with Crippen LogP contribution >= 0.6 is 0 Å². The molecule has 1 aromatic heterocycles. The molecule has 0 aliphatic heterocycles. The SMILES string of the molecule is CCNCc1cccnc1N(C)CC(=O)NC(C)C. The number of hydrogen-bond acceptors (Lipinski definition) is 4. The molecule has 0 radical (unpaired) electrons. The summed E-state index contributed by atoms with van der Waals surface area (Å²) in [6.07, 6.45) is 1.75. The first-order valence-corrected chi connectivity index (χ1v) is 6.69. The molecule has 19 heavy (non-hydrogen) atoms. The van der Waals surface area contributed by atoms with Crippen molar-refractivity contribution in [2.45, 2.75) is 33.4 Å². The number of anilines is 1. The van der Waals surface area contributed by atoms with Crippen molar-refractivity contribution in [3.8, 4) is 0 Å². The highest BCUT2D eigenvalue weighted by atomic mass is 16.2. The molecule has 0 aliphatic rings. The fourth-order valence-corrected chi connectivity index (χ4v) is 1.83. The van der Waals surface area contributed by atoms with Crippen molar-refractivity contribution in [1.82, 2.24) is 15.6 Å². The van der Waals surface area contributed by atoms with Crippen molar-refractivity contribution < 1.29 is 4.79 Å².